The second-order valence-electron chi connectivity index (χ2n) is 8.85. The molecule has 35 heavy (non-hydrogen) atoms. The Balaban J connectivity index is 1.96. The minimum absolute atomic E-state index is 0.0348. The van der Waals surface area contributed by atoms with Crippen LogP contribution in [0.4, 0.5) is 10.1 Å². The molecule has 4 rings (SSSR count). The summed E-state index contributed by atoms with van der Waals surface area (Å²) < 4.78 is 19.8. The largest absolute Gasteiger partial charge is 0.507 e. The highest BCUT2D eigenvalue weighted by molar-refractivity contribution is 6.51. The van der Waals surface area contributed by atoms with Crippen molar-refractivity contribution in [2.24, 2.45) is 0 Å². The molecule has 1 fully saturated rings. The molecular weight excluding hydrogens is 445 g/mol. The molecule has 0 bridgehead atoms. The summed E-state index contributed by atoms with van der Waals surface area (Å²) in [4.78, 5) is 27.9. The predicted molar refractivity (Wildman–Crippen MR) is 134 cm³/mol. The van der Waals surface area contributed by atoms with Gasteiger partial charge >= 0.3 is 0 Å². The van der Waals surface area contributed by atoms with E-state index in [0.29, 0.717) is 23.5 Å². The van der Waals surface area contributed by atoms with Crippen molar-refractivity contribution in [1.29, 1.82) is 0 Å². The number of carbonyl (C=O) groups is 2. The van der Waals surface area contributed by atoms with Crippen molar-refractivity contribution in [3.63, 3.8) is 0 Å². The molecule has 0 saturated carbocycles. The summed E-state index contributed by atoms with van der Waals surface area (Å²) in [5.41, 5.74) is 3.01. The fraction of sp³-hybridized carbons (Fsp3) is 0.241. The number of aryl methyl sites for hydroxylation is 1. The van der Waals surface area contributed by atoms with Crippen molar-refractivity contribution in [3.05, 3.63) is 100 Å². The summed E-state index contributed by atoms with van der Waals surface area (Å²) in [5.74, 6) is -1.64. The Labute approximate surface area is 204 Å². The smallest absolute Gasteiger partial charge is 0.300 e. The molecule has 1 saturated heterocycles. The molecule has 5 nitrogen and oxygen atoms in total. The number of hydrogen-bond acceptors (Lipinski definition) is 4. The van der Waals surface area contributed by atoms with E-state index in [9.17, 15) is 19.1 Å². The molecule has 1 heterocycles. The first-order valence-corrected chi connectivity index (χ1v) is 11.6. The molecule has 1 N–H and O–H groups in total. The topological polar surface area (TPSA) is 66.8 Å². The van der Waals surface area contributed by atoms with Crippen LogP contribution in [0.2, 0.25) is 0 Å². The number of nitrogens with zero attached hydrogens (tertiary/aromatic N) is 1. The Hall–Kier alpha value is -3.93. The lowest BCUT2D eigenvalue weighted by Crippen LogP contribution is -2.29. The van der Waals surface area contributed by atoms with Gasteiger partial charge < -0.3 is 9.84 Å². The molecule has 1 aliphatic rings. The molecular formula is C29H28FNO4. The summed E-state index contributed by atoms with van der Waals surface area (Å²) >= 11 is 0. The molecule has 3 aromatic rings. The van der Waals surface area contributed by atoms with Crippen LogP contribution in [0, 0.1) is 12.7 Å². The van der Waals surface area contributed by atoms with Gasteiger partial charge in [0.1, 0.15) is 17.3 Å². The molecule has 180 valence electrons. The molecule has 1 aliphatic heterocycles. The summed E-state index contributed by atoms with van der Waals surface area (Å²) in [6.45, 7) is 8.29. The van der Waals surface area contributed by atoms with Crippen LogP contribution in [-0.2, 0) is 9.59 Å². The van der Waals surface area contributed by atoms with Crippen LogP contribution >= 0.6 is 0 Å². The van der Waals surface area contributed by atoms with Crippen LogP contribution in [0.15, 0.2) is 72.3 Å². The average molecular weight is 474 g/mol. The molecule has 3 aromatic carbocycles. The second-order valence-corrected chi connectivity index (χ2v) is 8.85. The highest BCUT2D eigenvalue weighted by Crippen LogP contribution is 2.43. The van der Waals surface area contributed by atoms with Crippen molar-refractivity contribution >= 4 is 23.1 Å². The van der Waals surface area contributed by atoms with Crippen molar-refractivity contribution in [1.82, 2.24) is 0 Å². The normalized spacial score (nSPS) is 17.3. The van der Waals surface area contributed by atoms with Crippen molar-refractivity contribution in [3.8, 4) is 5.75 Å². The van der Waals surface area contributed by atoms with Gasteiger partial charge in [-0.1, -0.05) is 44.2 Å². The van der Waals surface area contributed by atoms with Gasteiger partial charge in [-0.2, -0.15) is 0 Å². The van der Waals surface area contributed by atoms with E-state index in [1.807, 2.05) is 52.0 Å². The molecule has 6 heteroatoms. The lowest BCUT2D eigenvalue weighted by Gasteiger charge is -2.26. The Bertz CT molecular complexity index is 1330. The van der Waals surface area contributed by atoms with Crippen LogP contribution in [0.5, 0.6) is 5.75 Å². The van der Waals surface area contributed by atoms with Gasteiger partial charge in [-0.15, -0.1) is 0 Å². The van der Waals surface area contributed by atoms with Crippen molar-refractivity contribution in [2.75, 3.05) is 11.5 Å². The minimum atomic E-state index is -0.910. The van der Waals surface area contributed by atoms with Crippen molar-refractivity contribution < 1.29 is 23.8 Å². The van der Waals surface area contributed by atoms with E-state index >= 15 is 0 Å². The number of carbonyl (C=O) groups excluding carboxylic acids is 2. The van der Waals surface area contributed by atoms with Gasteiger partial charge in [-0.05, 0) is 72.9 Å². The van der Waals surface area contributed by atoms with E-state index in [1.54, 1.807) is 24.3 Å². The third-order valence-corrected chi connectivity index (χ3v) is 6.22. The van der Waals surface area contributed by atoms with E-state index in [2.05, 4.69) is 0 Å². The van der Waals surface area contributed by atoms with Gasteiger partial charge in [0.15, 0.2) is 0 Å². The maximum Gasteiger partial charge on any atom is 0.300 e. The Kier molecular flexibility index (Phi) is 6.74. The Morgan fingerprint density at radius 2 is 1.80 bits per heavy atom. The lowest BCUT2D eigenvalue weighted by atomic mass is 9.91. The molecule has 1 unspecified atom stereocenters. The summed E-state index contributed by atoms with van der Waals surface area (Å²) in [7, 11) is 0. The number of ether oxygens (including phenoxy) is 1. The molecule has 0 aliphatic carbocycles. The zero-order valence-corrected chi connectivity index (χ0v) is 20.2. The maximum atomic E-state index is 14.1. The number of aliphatic hydroxyl groups excluding tert-OH is 1. The number of anilines is 1. The summed E-state index contributed by atoms with van der Waals surface area (Å²) in [5, 5.41) is 11.4. The van der Waals surface area contributed by atoms with Crippen molar-refractivity contribution in [2.45, 2.75) is 39.7 Å². The van der Waals surface area contributed by atoms with E-state index in [0.717, 1.165) is 11.1 Å². The fourth-order valence-corrected chi connectivity index (χ4v) is 4.50. The predicted octanol–water partition coefficient (Wildman–Crippen LogP) is 6.28. The fourth-order valence-electron chi connectivity index (χ4n) is 4.50. The van der Waals surface area contributed by atoms with Gasteiger partial charge in [0, 0.05) is 11.3 Å². The zero-order valence-electron chi connectivity index (χ0n) is 20.2. The number of hydrogen-bond donors (Lipinski definition) is 1. The first-order valence-electron chi connectivity index (χ1n) is 11.6. The summed E-state index contributed by atoms with van der Waals surface area (Å²) in [6.07, 6.45) is 0. The van der Waals surface area contributed by atoms with E-state index in [1.165, 1.54) is 23.1 Å². The second kappa shape index (κ2) is 9.74. The van der Waals surface area contributed by atoms with E-state index < -0.39 is 23.5 Å². The van der Waals surface area contributed by atoms with Crippen LogP contribution in [-0.4, -0.2) is 23.4 Å². The third kappa shape index (κ3) is 4.44. The van der Waals surface area contributed by atoms with Crippen LogP contribution in [0.1, 0.15) is 55.0 Å². The number of ketones is 1. The number of benzene rings is 3. The quantitative estimate of drug-likeness (QED) is 0.260. The van der Waals surface area contributed by atoms with Crippen LogP contribution in [0.3, 0.4) is 0 Å². The lowest BCUT2D eigenvalue weighted by molar-refractivity contribution is -0.132. The van der Waals surface area contributed by atoms with Crippen LogP contribution in [0.25, 0.3) is 5.76 Å². The SMILES string of the molecule is CCOc1ccc(/C(O)=C2\C(=O)C(=O)N(c3cccc(F)c3)C2c2ccccc2C)cc1C(C)C. The number of rotatable bonds is 6. The number of aliphatic hydroxyl groups is 1. The molecule has 0 aromatic heterocycles. The first kappa shape index (κ1) is 24.2. The number of halogens is 1. The molecule has 1 amide bonds. The maximum absolute atomic E-state index is 14.1. The highest BCUT2D eigenvalue weighted by Gasteiger charge is 2.47. The average Bonchev–Trinajstić information content (AvgIpc) is 3.09. The van der Waals surface area contributed by atoms with Gasteiger partial charge in [0.25, 0.3) is 11.7 Å². The number of amides is 1. The van der Waals surface area contributed by atoms with E-state index in [-0.39, 0.29) is 22.9 Å². The van der Waals surface area contributed by atoms with Gasteiger partial charge in [0.2, 0.25) is 0 Å². The Morgan fingerprint density at radius 1 is 1.06 bits per heavy atom. The van der Waals surface area contributed by atoms with Gasteiger partial charge in [-0.25, -0.2) is 4.39 Å². The summed E-state index contributed by atoms with van der Waals surface area (Å²) in [6, 6.07) is 17.2. The van der Waals surface area contributed by atoms with Gasteiger partial charge in [-0.3, -0.25) is 14.5 Å². The van der Waals surface area contributed by atoms with Crippen LogP contribution < -0.4 is 9.64 Å². The highest BCUT2D eigenvalue weighted by atomic mass is 19.1. The monoisotopic (exact) mass is 473 g/mol. The Morgan fingerprint density at radius 3 is 2.46 bits per heavy atom. The molecule has 0 radical (unpaired) electrons. The zero-order chi connectivity index (χ0) is 25.3. The molecule has 0 spiro atoms. The van der Waals surface area contributed by atoms with E-state index in [4.69, 9.17) is 4.74 Å². The number of Topliss-reactive ketones (excluding diaryl/α,β-unsaturated/α-hetero) is 1. The van der Waals surface area contributed by atoms with Gasteiger partial charge in [0.05, 0.1) is 18.2 Å². The molecule has 1 atom stereocenters. The third-order valence-electron chi connectivity index (χ3n) is 6.22. The first-order chi connectivity index (χ1) is 16.7. The standard InChI is InChI=1S/C29H28FNO4/c1-5-35-24-14-13-19(15-23(24)17(2)3)27(32)25-26(22-12-7-6-9-18(22)4)31(29(34)28(25)33)21-11-8-10-20(30)16-21/h6-17,26,32H,5H2,1-4H3/b27-25+. The minimum Gasteiger partial charge on any atom is -0.507 e.